The largest absolute Gasteiger partial charge is 0.399 e. The average molecular weight is 213 g/mol. The number of halogens is 1. The smallest absolute Gasteiger partial charge is 0.0803 e. The normalized spacial score (nSPS) is 8.50. The Balaban J connectivity index is 0.000000791. The lowest BCUT2D eigenvalue weighted by Gasteiger charge is -2.01. The Bertz CT molecular complexity index is 336. The van der Waals surface area contributed by atoms with Crippen molar-refractivity contribution in [1.29, 1.82) is 10.8 Å². The molecule has 4 nitrogen and oxygen atoms in total. The van der Waals surface area contributed by atoms with Crippen molar-refractivity contribution in [3.8, 4) is 0 Å². The number of nitrogens with two attached hydrogens (primary N) is 2. The molecular weight excluding hydrogens is 200 g/mol. The van der Waals surface area contributed by atoms with E-state index in [1.165, 1.54) is 7.05 Å². The fourth-order valence-corrected chi connectivity index (χ4v) is 1.05. The van der Waals surface area contributed by atoms with E-state index in [4.69, 9.17) is 28.2 Å². The maximum Gasteiger partial charge on any atom is 0.0803 e. The molecule has 0 bridgehead atoms. The second-order valence-electron chi connectivity index (χ2n) is 2.30. The number of rotatable bonds is 2. The zero-order valence-electron chi connectivity index (χ0n) is 7.84. The minimum absolute atomic E-state index is 0.0623. The van der Waals surface area contributed by atoms with Gasteiger partial charge >= 0.3 is 0 Å². The summed E-state index contributed by atoms with van der Waals surface area (Å²) in [6, 6.07) is 4.85. The van der Waals surface area contributed by atoms with Crippen LogP contribution in [0.1, 0.15) is 5.56 Å². The van der Waals surface area contributed by atoms with Gasteiger partial charge < -0.3 is 16.9 Å². The highest BCUT2D eigenvalue weighted by Gasteiger charge is 2.03. The topological polar surface area (TPSA) is 99.7 Å². The van der Waals surface area contributed by atoms with Crippen LogP contribution in [0.25, 0.3) is 0 Å². The molecule has 0 saturated heterocycles. The second-order valence-corrected chi connectivity index (χ2v) is 2.70. The van der Waals surface area contributed by atoms with Crippen molar-refractivity contribution >= 4 is 29.2 Å². The molecule has 0 unspecified atom stereocenters. The van der Waals surface area contributed by atoms with Gasteiger partial charge in [-0.3, -0.25) is 5.41 Å². The summed E-state index contributed by atoms with van der Waals surface area (Å²) in [5, 5.41) is 14.6. The molecule has 0 heterocycles. The maximum absolute atomic E-state index is 7.33. The Morgan fingerprint density at radius 3 is 2.50 bits per heavy atom. The number of hydrogen-bond acceptors (Lipinski definition) is 4. The van der Waals surface area contributed by atoms with Crippen molar-refractivity contribution < 1.29 is 0 Å². The number of hydrogen-bond donors (Lipinski definition) is 4. The van der Waals surface area contributed by atoms with Gasteiger partial charge in [-0.15, -0.1) is 0 Å². The molecule has 1 aromatic carbocycles. The molecule has 6 N–H and O–H groups in total. The fraction of sp³-hybridized carbons (Fsp3) is 0.111. The summed E-state index contributed by atoms with van der Waals surface area (Å²) in [5.41, 5.74) is 11.1. The van der Waals surface area contributed by atoms with Crippen LogP contribution in [0.5, 0.6) is 0 Å². The Kier molecular flexibility index (Phi) is 5.52. The first kappa shape index (κ1) is 12.6. The number of benzene rings is 1. The highest BCUT2D eigenvalue weighted by atomic mass is 35.5. The molecule has 0 amide bonds. The van der Waals surface area contributed by atoms with Gasteiger partial charge in [0.25, 0.3) is 0 Å². The number of nitrogen functional groups attached to an aromatic ring is 1. The van der Waals surface area contributed by atoms with Crippen LogP contribution in [0.4, 0.5) is 5.69 Å². The lowest BCUT2D eigenvalue weighted by atomic mass is 10.1. The molecule has 1 rings (SSSR count). The van der Waals surface area contributed by atoms with E-state index < -0.39 is 0 Å². The summed E-state index contributed by atoms with van der Waals surface area (Å²) in [6.07, 6.45) is 0.931. The Hall–Kier alpha value is -1.39. The summed E-state index contributed by atoms with van der Waals surface area (Å²) in [7, 11) is 1.50. The van der Waals surface area contributed by atoms with Crippen LogP contribution in [0, 0.1) is 10.8 Å². The standard InChI is InChI=1S/C8H8ClN3.CH5N/c9-7-2-1-5(11)3-6(7)8(12)4-10;1-2/h1-4,10,12H,11H2;2H2,1H3. The van der Waals surface area contributed by atoms with Crippen LogP contribution in [-0.2, 0) is 0 Å². The van der Waals surface area contributed by atoms with Crippen LogP contribution in [0.15, 0.2) is 18.2 Å². The van der Waals surface area contributed by atoms with E-state index in [9.17, 15) is 0 Å². The highest BCUT2D eigenvalue weighted by molar-refractivity contribution is 6.42. The Morgan fingerprint density at radius 1 is 1.43 bits per heavy atom. The molecule has 76 valence electrons. The van der Waals surface area contributed by atoms with E-state index >= 15 is 0 Å². The average Bonchev–Trinajstić information content (AvgIpc) is 2.23. The second kappa shape index (κ2) is 6.12. The van der Waals surface area contributed by atoms with Crippen molar-refractivity contribution in [1.82, 2.24) is 0 Å². The molecule has 5 heteroatoms. The predicted octanol–water partition coefficient (Wildman–Crippen LogP) is 1.51. The quantitative estimate of drug-likeness (QED) is 0.441. The Labute approximate surface area is 87.9 Å². The van der Waals surface area contributed by atoms with Crippen molar-refractivity contribution in [3.05, 3.63) is 28.8 Å². The first-order valence-corrected chi connectivity index (χ1v) is 4.25. The first-order chi connectivity index (χ1) is 6.65. The highest BCUT2D eigenvalue weighted by Crippen LogP contribution is 2.18. The van der Waals surface area contributed by atoms with Gasteiger partial charge in [0.05, 0.1) is 10.7 Å². The zero-order chi connectivity index (χ0) is 11.1. The van der Waals surface area contributed by atoms with Crippen LogP contribution in [-0.4, -0.2) is 19.0 Å². The fourth-order valence-electron chi connectivity index (χ4n) is 0.827. The van der Waals surface area contributed by atoms with Crippen molar-refractivity contribution in [2.75, 3.05) is 12.8 Å². The molecule has 1 aromatic rings. The molecule has 0 fully saturated rings. The number of nitrogens with one attached hydrogen (secondary N) is 2. The molecule has 0 aliphatic rings. The molecule has 0 aliphatic heterocycles. The third kappa shape index (κ3) is 3.16. The van der Waals surface area contributed by atoms with Gasteiger partial charge in [0.15, 0.2) is 0 Å². The molecule has 14 heavy (non-hydrogen) atoms. The summed E-state index contributed by atoms with van der Waals surface area (Å²) >= 11 is 5.77. The van der Waals surface area contributed by atoms with Gasteiger partial charge in [-0.05, 0) is 25.2 Å². The van der Waals surface area contributed by atoms with Gasteiger partial charge in [0, 0.05) is 17.5 Å². The molecule has 0 spiro atoms. The van der Waals surface area contributed by atoms with E-state index in [-0.39, 0.29) is 5.71 Å². The summed E-state index contributed by atoms with van der Waals surface area (Å²) in [6.45, 7) is 0. The van der Waals surface area contributed by atoms with E-state index in [2.05, 4.69) is 5.73 Å². The zero-order valence-corrected chi connectivity index (χ0v) is 8.60. The lowest BCUT2D eigenvalue weighted by Crippen LogP contribution is -2.01. The molecule has 0 aromatic heterocycles. The van der Waals surface area contributed by atoms with E-state index in [0.29, 0.717) is 16.3 Å². The van der Waals surface area contributed by atoms with Crippen molar-refractivity contribution in [2.24, 2.45) is 5.73 Å². The maximum atomic E-state index is 7.33. The third-order valence-electron chi connectivity index (χ3n) is 1.42. The van der Waals surface area contributed by atoms with Gasteiger partial charge in [-0.2, -0.15) is 0 Å². The molecule has 0 saturated carbocycles. The molecule has 0 radical (unpaired) electrons. The van der Waals surface area contributed by atoms with E-state index in [0.717, 1.165) is 6.21 Å². The minimum atomic E-state index is 0.0623. The van der Waals surface area contributed by atoms with Crippen LogP contribution in [0.3, 0.4) is 0 Å². The van der Waals surface area contributed by atoms with Crippen LogP contribution < -0.4 is 11.5 Å². The minimum Gasteiger partial charge on any atom is -0.399 e. The summed E-state index contributed by atoms with van der Waals surface area (Å²) < 4.78 is 0. The van der Waals surface area contributed by atoms with E-state index in [1.807, 2.05) is 0 Å². The van der Waals surface area contributed by atoms with Gasteiger partial charge in [0.1, 0.15) is 0 Å². The van der Waals surface area contributed by atoms with Crippen LogP contribution >= 0.6 is 11.6 Å². The molecular formula is C9H13ClN4. The summed E-state index contributed by atoms with van der Waals surface area (Å²) in [4.78, 5) is 0. The van der Waals surface area contributed by atoms with Gasteiger partial charge in [0.2, 0.25) is 0 Å². The van der Waals surface area contributed by atoms with Gasteiger partial charge in [-0.1, -0.05) is 11.6 Å². The first-order valence-electron chi connectivity index (χ1n) is 3.87. The van der Waals surface area contributed by atoms with Crippen LogP contribution in [0.2, 0.25) is 5.02 Å². The molecule has 0 atom stereocenters. The lowest BCUT2D eigenvalue weighted by molar-refractivity contribution is 1.48. The summed E-state index contributed by atoms with van der Waals surface area (Å²) in [5.74, 6) is 0. The predicted molar refractivity (Wildman–Crippen MR) is 61.6 cm³/mol. The number of anilines is 1. The van der Waals surface area contributed by atoms with Gasteiger partial charge in [-0.25, -0.2) is 0 Å². The van der Waals surface area contributed by atoms with Crippen molar-refractivity contribution in [3.63, 3.8) is 0 Å². The third-order valence-corrected chi connectivity index (χ3v) is 1.75. The van der Waals surface area contributed by atoms with E-state index in [1.54, 1.807) is 18.2 Å². The monoisotopic (exact) mass is 212 g/mol. The van der Waals surface area contributed by atoms with Crippen molar-refractivity contribution in [2.45, 2.75) is 0 Å². The SMILES string of the molecule is CN.N=CC(=N)c1cc(N)ccc1Cl. The Morgan fingerprint density at radius 2 is 2.00 bits per heavy atom. The molecule has 0 aliphatic carbocycles.